The van der Waals surface area contributed by atoms with E-state index in [1.54, 1.807) is 18.0 Å². The first-order chi connectivity index (χ1) is 6.29. The van der Waals surface area contributed by atoms with Gasteiger partial charge in [-0.2, -0.15) is 0 Å². The van der Waals surface area contributed by atoms with E-state index in [1.807, 2.05) is 6.07 Å². The minimum atomic E-state index is 0.964. The summed E-state index contributed by atoms with van der Waals surface area (Å²) in [6.07, 6.45) is 3.86. The monoisotopic (exact) mass is 188 g/mol. The van der Waals surface area contributed by atoms with Crippen molar-refractivity contribution < 1.29 is 0 Å². The second-order valence-electron chi connectivity index (χ2n) is 2.90. The summed E-state index contributed by atoms with van der Waals surface area (Å²) in [7, 11) is 0. The second kappa shape index (κ2) is 3.38. The first-order valence-corrected chi connectivity index (χ1v) is 5.28. The largest absolute Gasteiger partial charge is 0.256 e. The maximum Gasteiger partial charge on any atom is 0.0702 e. The van der Waals surface area contributed by atoms with E-state index >= 15 is 0 Å². The summed E-state index contributed by atoms with van der Waals surface area (Å²) in [5.41, 5.74) is 2.00. The molecule has 0 N–H and O–H groups in total. The molecule has 65 valence electrons. The highest BCUT2D eigenvalue weighted by Gasteiger charge is 1.96. The third kappa shape index (κ3) is 1.68. The molecule has 0 spiro atoms. The fourth-order valence-electron chi connectivity index (χ4n) is 1.28. The molecule has 0 aliphatic rings. The topological polar surface area (TPSA) is 12.9 Å². The Hall–Kier alpha value is -1.02. The van der Waals surface area contributed by atoms with Gasteiger partial charge in [-0.15, -0.1) is 11.8 Å². The van der Waals surface area contributed by atoms with Crippen molar-refractivity contribution in [1.82, 2.24) is 4.98 Å². The van der Waals surface area contributed by atoms with Crippen molar-refractivity contribution in [3.05, 3.63) is 42.9 Å². The van der Waals surface area contributed by atoms with Crippen molar-refractivity contribution >= 4 is 22.7 Å². The van der Waals surface area contributed by atoms with Crippen LogP contribution in [0.3, 0.4) is 0 Å². The Morgan fingerprint density at radius 2 is 2.15 bits per heavy atom. The van der Waals surface area contributed by atoms with E-state index in [4.69, 9.17) is 0 Å². The number of aromatic nitrogens is 1. The first-order valence-electron chi connectivity index (χ1n) is 4.05. The molecule has 13 heavy (non-hydrogen) atoms. The van der Waals surface area contributed by atoms with Gasteiger partial charge in [0.25, 0.3) is 0 Å². The Balaban J connectivity index is 2.68. The summed E-state index contributed by atoms with van der Waals surface area (Å²) in [5.74, 6) is 0. The zero-order valence-electron chi connectivity index (χ0n) is 7.45. The van der Waals surface area contributed by atoms with Crippen LogP contribution in [0, 0.1) is 6.92 Å². The van der Waals surface area contributed by atoms with Crippen LogP contribution >= 0.6 is 11.8 Å². The average Bonchev–Trinajstić information content (AvgIpc) is 2.16. The lowest BCUT2D eigenvalue weighted by Gasteiger charge is -2.00. The minimum absolute atomic E-state index is 0.964. The number of rotatable bonds is 1. The summed E-state index contributed by atoms with van der Waals surface area (Å²) in [4.78, 5) is 5.55. The second-order valence-corrected chi connectivity index (χ2v) is 3.78. The zero-order valence-corrected chi connectivity index (χ0v) is 8.27. The van der Waals surface area contributed by atoms with Crippen LogP contribution < -0.4 is 0 Å². The lowest BCUT2D eigenvalue weighted by Crippen LogP contribution is -1.81. The molecule has 2 heteroatoms. The van der Waals surface area contributed by atoms with Gasteiger partial charge in [0.15, 0.2) is 0 Å². The summed E-state index contributed by atoms with van der Waals surface area (Å²) < 4.78 is 0. The minimum Gasteiger partial charge on any atom is -0.256 e. The molecule has 0 aliphatic carbocycles. The van der Waals surface area contributed by atoms with E-state index in [2.05, 4.69) is 36.4 Å². The van der Waals surface area contributed by atoms with Gasteiger partial charge in [0, 0.05) is 16.5 Å². The quantitative estimate of drug-likeness (QED) is 0.638. The smallest absolute Gasteiger partial charge is 0.0702 e. The maximum atomic E-state index is 4.28. The summed E-state index contributed by atoms with van der Waals surface area (Å²) in [5, 5.41) is 1.17. The fraction of sp³-hybridized carbons (Fsp3) is 0.0909. The third-order valence-corrected chi connectivity index (χ3v) is 2.67. The number of benzene rings is 1. The van der Waals surface area contributed by atoms with Crippen molar-refractivity contribution in [2.24, 2.45) is 0 Å². The first kappa shape index (κ1) is 8.57. The SMILES string of the molecule is [CH2]c1cnc2ccc(SC)cc2c1. The van der Waals surface area contributed by atoms with Crippen LogP contribution in [0.4, 0.5) is 0 Å². The van der Waals surface area contributed by atoms with E-state index in [0.717, 1.165) is 11.1 Å². The Morgan fingerprint density at radius 1 is 1.31 bits per heavy atom. The van der Waals surface area contributed by atoms with E-state index in [0.29, 0.717) is 0 Å². The Labute approximate surface area is 82.2 Å². The molecule has 1 aromatic carbocycles. The average molecular weight is 188 g/mol. The number of pyridine rings is 1. The van der Waals surface area contributed by atoms with E-state index in [1.165, 1.54) is 10.3 Å². The Bertz CT molecular complexity index is 437. The van der Waals surface area contributed by atoms with E-state index in [9.17, 15) is 0 Å². The van der Waals surface area contributed by atoms with Gasteiger partial charge in [-0.1, -0.05) is 0 Å². The molecule has 0 aliphatic heterocycles. The molecule has 2 rings (SSSR count). The molecule has 2 aromatic rings. The van der Waals surface area contributed by atoms with Crippen LogP contribution in [0.2, 0.25) is 0 Å². The molecule has 1 radical (unpaired) electrons. The molecule has 0 saturated heterocycles. The molecule has 1 aromatic heterocycles. The Kier molecular flexibility index (Phi) is 2.23. The van der Waals surface area contributed by atoms with Crippen molar-refractivity contribution in [3.63, 3.8) is 0 Å². The van der Waals surface area contributed by atoms with Gasteiger partial charge >= 0.3 is 0 Å². The molecule has 0 amide bonds. The number of thioether (sulfide) groups is 1. The van der Waals surface area contributed by atoms with Gasteiger partial charge in [-0.05, 0) is 43.0 Å². The van der Waals surface area contributed by atoms with Gasteiger partial charge in [0.1, 0.15) is 0 Å². The molecule has 0 fully saturated rings. The van der Waals surface area contributed by atoms with Crippen molar-refractivity contribution in [3.8, 4) is 0 Å². The van der Waals surface area contributed by atoms with Crippen LogP contribution in [0.1, 0.15) is 5.56 Å². The fourth-order valence-corrected chi connectivity index (χ4v) is 1.73. The van der Waals surface area contributed by atoms with Crippen LogP contribution in [0.25, 0.3) is 10.9 Å². The highest BCUT2D eigenvalue weighted by Crippen LogP contribution is 2.20. The van der Waals surface area contributed by atoms with E-state index < -0.39 is 0 Å². The number of hydrogen-bond acceptors (Lipinski definition) is 2. The number of hydrogen-bond donors (Lipinski definition) is 0. The molecular formula is C11H10NS. The lowest BCUT2D eigenvalue weighted by atomic mass is 10.2. The maximum absolute atomic E-state index is 4.28. The molecule has 1 heterocycles. The van der Waals surface area contributed by atoms with Crippen LogP contribution in [-0.4, -0.2) is 11.2 Å². The third-order valence-electron chi connectivity index (χ3n) is 1.95. The van der Waals surface area contributed by atoms with Gasteiger partial charge in [0.2, 0.25) is 0 Å². The molecule has 0 atom stereocenters. The van der Waals surface area contributed by atoms with Crippen LogP contribution in [-0.2, 0) is 0 Å². The summed E-state index contributed by atoms with van der Waals surface area (Å²) >= 11 is 1.74. The molecule has 0 unspecified atom stereocenters. The highest BCUT2D eigenvalue weighted by molar-refractivity contribution is 7.98. The summed E-state index contributed by atoms with van der Waals surface area (Å²) in [6, 6.07) is 8.33. The highest BCUT2D eigenvalue weighted by atomic mass is 32.2. The molecule has 0 saturated carbocycles. The predicted octanol–water partition coefficient (Wildman–Crippen LogP) is 3.14. The molecule has 0 bridgehead atoms. The summed E-state index contributed by atoms with van der Waals surface area (Å²) in [6.45, 7) is 3.86. The molecule has 1 nitrogen and oxygen atoms in total. The van der Waals surface area contributed by atoms with Crippen molar-refractivity contribution in [2.45, 2.75) is 4.90 Å². The normalized spacial score (nSPS) is 10.6. The van der Waals surface area contributed by atoms with Crippen LogP contribution in [0.15, 0.2) is 35.4 Å². The van der Waals surface area contributed by atoms with Crippen LogP contribution in [0.5, 0.6) is 0 Å². The van der Waals surface area contributed by atoms with Crippen molar-refractivity contribution in [1.29, 1.82) is 0 Å². The lowest BCUT2D eigenvalue weighted by molar-refractivity contribution is 1.36. The molecular weight excluding hydrogens is 178 g/mol. The van der Waals surface area contributed by atoms with Gasteiger partial charge < -0.3 is 0 Å². The van der Waals surface area contributed by atoms with Gasteiger partial charge in [-0.25, -0.2) is 0 Å². The number of fused-ring (bicyclic) bond motifs is 1. The zero-order chi connectivity index (χ0) is 9.26. The standard InChI is InChI=1S/C11H10NS/c1-8-5-9-6-10(13-2)3-4-11(9)12-7-8/h3-7H,1H2,2H3. The van der Waals surface area contributed by atoms with Gasteiger partial charge in [0.05, 0.1) is 5.52 Å². The van der Waals surface area contributed by atoms with Gasteiger partial charge in [-0.3, -0.25) is 4.98 Å². The number of nitrogens with zero attached hydrogens (tertiary/aromatic N) is 1. The van der Waals surface area contributed by atoms with E-state index in [-0.39, 0.29) is 0 Å². The predicted molar refractivity (Wildman–Crippen MR) is 58.0 cm³/mol. The van der Waals surface area contributed by atoms with Crippen molar-refractivity contribution in [2.75, 3.05) is 6.26 Å². The Morgan fingerprint density at radius 3 is 2.92 bits per heavy atom.